The van der Waals surface area contributed by atoms with Gasteiger partial charge in [0.05, 0.1) is 5.56 Å². The molecule has 154 valence electrons. The molecule has 0 bridgehead atoms. The predicted molar refractivity (Wildman–Crippen MR) is 104 cm³/mol. The summed E-state index contributed by atoms with van der Waals surface area (Å²) in [6, 6.07) is 1.47. The highest BCUT2D eigenvalue weighted by atomic mass is 32.1. The van der Waals surface area contributed by atoms with E-state index in [0.717, 1.165) is 34.6 Å². The van der Waals surface area contributed by atoms with Gasteiger partial charge in [-0.1, -0.05) is 6.92 Å². The average Bonchev–Trinajstić information content (AvgIpc) is 3.07. The number of anilines is 1. The first-order valence-corrected chi connectivity index (χ1v) is 10.1. The van der Waals surface area contributed by atoms with E-state index in [-0.39, 0.29) is 0 Å². The summed E-state index contributed by atoms with van der Waals surface area (Å²) in [5.74, 6) is -1.46. The zero-order valence-electron chi connectivity index (χ0n) is 16.5. The number of nitriles is 1. The van der Waals surface area contributed by atoms with Crippen LogP contribution in [0.1, 0.15) is 43.2 Å². The van der Waals surface area contributed by atoms with E-state index in [0.29, 0.717) is 16.5 Å². The monoisotopic (exact) mass is 418 g/mol. The van der Waals surface area contributed by atoms with Crippen molar-refractivity contribution in [1.29, 1.82) is 5.26 Å². The number of esters is 1. The number of nitrogens with one attached hydrogen (secondary N) is 2. The molecule has 2 heterocycles. The molecule has 9 nitrogen and oxygen atoms in total. The Hall–Kier alpha value is -2.93. The fourth-order valence-corrected chi connectivity index (χ4v) is 4.78. The van der Waals surface area contributed by atoms with Crippen LogP contribution < -0.4 is 10.6 Å². The molecule has 10 heteroatoms. The maximum atomic E-state index is 12.2. The van der Waals surface area contributed by atoms with Crippen LogP contribution in [0.2, 0.25) is 0 Å². The Kier molecular flexibility index (Phi) is 5.61. The molecule has 3 rings (SSSR count). The van der Waals surface area contributed by atoms with Gasteiger partial charge in [-0.3, -0.25) is 19.3 Å². The largest absolute Gasteiger partial charge is 0.454 e. The van der Waals surface area contributed by atoms with Crippen LogP contribution in [0.3, 0.4) is 0 Å². The van der Waals surface area contributed by atoms with E-state index in [1.165, 1.54) is 25.2 Å². The van der Waals surface area contributed by atoms with Crippen molar-refractivity contribution in [3.8, 4) is 6.07 Å². The molecule has 1 atom stereocenters. The summed E-state index contributed by atoms with van der Waals surface area (Å²) in [4.78, 5) is 49.8. The number of thiophene rings is 1. The van der Waals surface area contributed by atoms with Gasteiger partial charge < -0.3 is 15.4 Å². The maximum absolute atomic E-state index is 12.2. The number of ether oxygens (including phenoxy) is 1. The zero-order chi connectivity index (χ0) is 21.3. The van der Waals surface area contributed by atoms with Crippen LogP contribution in [0.4, 0.5) is 9.80 Å². The summed E-state index contributed by atoms with van der Waals surface area (Å²) in [6.07, 6.45) is 2.69. The number of nitrogens with zero attached hydrogens (tertiary/aromatic N) is 2. The third kappa shape index (κ3) is 4.24. The lowest BCUT2D eigenvalue weighted by Crippen LogP contribution is -2.41. The Morgan fingerprint density at radius 2 is 2.14 bits per heavy atom. The van der Waals surface area contributed by atoms with Crippen molar-refractivity contribution in [2.75, 3.05) is 18.5 Å². The van der Waals surface area contributed by atoms with Gasteiger partial charge in [0.25, 0.3) is 11.8 Å². The first kappa shape index (κ1) is 20.8. The van der Waals surface area contributed by atoms with E-state index in [9.17, 15) is 24.4 Å². The average molecular weight is 418 g/mol. The Morgan fingerprint density at radius 1 is 1.41 bits per heavy atom. The smallest absolute Gasteiger partial charge is 0.326 e. The standard InChI is InChI=1S/C19H22N4O5S/c1-10-4-5-11-12(7-20)16(29-13(11)6-10)21-14(24)9-28-15(25)8-23-17(26)19(2,3)22-18(23)27/h10H,4-6,8-9H2,1-3H3,(H,21,24)(H,22,27). The van der Waals surface area contributed by atoms with Gasteiger partial charge in [0.15, 0.2) is 6.61 Å². The minimum absolute atomic E-state index is 0.462. The van der Waals surface area contributed by atoms with Crippen molar-refractivity contribution >= 4 is 40.2 Å². The lowest BCUT2D eigenvalue weighted by Gasteiger charge is -2.17. The third-order valence-corrected chi connectivity index (χ3v) is 6.14. The minimum atomic E-state index is -1.09. The van der Waals surface area contributed by atoms with Crippen molar-refractivity contribution in [2.24, 2.45) is 5.92 Å². The van der Waals surface area contributed by atoms with Crippen LogP contribution >= 0.6 is 11.3 Å². The van der Waals surface area contributed by atoms with E-state index in [4.69, 9.17) is 4.74 Å². The molecule has 1 unspecified atom stereocenters. The molecule has 29 heavy (non-hydrogen) atoms. The van der Waals surface area contributed by atoms with Gasteiger partial charge in [0.2, 0.25) is 0 Å². The number of carbonyl (C=O) groups excluding carboxylic acids is 4. The summed E-state index contributed by atoms with van der Waals surface area (Å²) in [7, 11) is 0. The minimum Gasteiger partial charge on any atom is -0.454 e. The highest BCUT2D eigenvalue weighted by Crippen LogP contribution is 2.39. The predicted octanol–water partition coefficient (Wildman–Crippen LogP) is 1.56. The summed E-state index contributed by atoms with van der Waals surface area (Å²) >= 11 is 1.38. The van der Waals surface area contributed by atoms with Crippen molar-refractivity contribution in [1.82, 2.24) is 10.2 Å². The van der Waals surface area contributed by atoms with Gasteiger partial charge in [-0.25, -0.2) is 4.79 Å². The molecule has 1 aliphatic carbocycles. The topological polar surface area (TPSA) is 129 Å². The van der Waals surface area contributed by atoms with E-state index in [1.807, 2.05) is 0 Å². The lowest BCUT2D eigenvalue weighted by atomic mass is 9.89. The molecular weight excluding hydrogens is 396 g/mol. The molecule has 1 aromatic rings. The SMILES string of the molecule is CC1CCc2c(sc(NC(=O)COC(=O)CN3C(=O)NC(C)(C)C3=O)c2C#N)C1. The zero-order valence-corrected chi connectivity index (χ0v) is 17.3. The van der Waals surface area contributed by atoms with Crippen molar-refractivity contribution < 1.29 is 23.9 Å². The number of carbonyl (C=O) groups is 4. The van der Waals surface area contributed by atoms with E-state index in [1.54, 1.807) is 0 Å². The first-order chi connectivity index (χ1) is 13.6. The van der Waals surface area contributed by atoms with Gasteiger partial charge in [-0.05, 0) is 44.6 Å². The van der Waals surface area contributed by atoms with Gasteiger partial charge in [0, 0.05) is 4.88 Å². The lowest BCUT2D eigenvalue weighted by molar-refractivity contribution is -0.150. The quantitative estimate of drug-likeness (QED) is 0.551. The van der Waals surface area contributed by atoms with Gasteiger partial charge in [0.1, 0.15) is 23.2 Å². The number of imide groups is 1. The van der Waals surface area contributed by atoms with E-state index >= 15 is 0 Å². The van der Waals surface area contributed by atoms with Gasteiger partial charge >= 0.3 is 12.0 Å². The molecule has 0 aromatic carbocycles. The molecular formula is C19H22N4O5S. The normalized spacial score (nSPS) is 19.9. The summed E-state index contributed by atoms with van der Waals surface area (Å²) in [5.41, 5.74) is 0.375. The molecule has 1 aromatic heterocycles. The van der Waals surface area contributed by atoms with Crippen LogP contribution in [-0.4, -0.2) is 47.4 Å². The van der Waals surface area contributed by atoms with Crippen LogP contribution in [0, 0.1) is 17.2 Å². The second-order valence-corrected chi connectivity index (χ2v) is 8.93. The molecule has 0 saturated carbocycles. The summed E-state index contributed by atoms with van der Waals surface area (Å²) < 4.78 is 4.89. The Bertz CT molecular complexity index is 930. The number of urea groups is 1. The van der Waals surface area contributed by atoms with Gasteiger partial charge in [-0.2, -0.15) is 5.26 Å². The van der Waals surface area contributed by atoms with Crippen molar-refractivity contribution in [3.63, 3.8) is 0 Å². The second kappa shape index (κ2) is 7.83. The van der Waals surface area contributed by atoms with Crippen molar-refractivity contribution in [2.45, 2.75) is 45.6 Å². The van der Waals surface area contributed by atoms with E-state index < -0.39 is 42.5 Å². The van der Waals surface area contributed by atoms with E-state index in [2.05, 4.69) is 23.6 Å². The Morgan fingerprint density at radius 3 is 2.76 bits per heavy atom. The first-order valence-electron chi connectivity index (χ1n) is 9.26. The third-order valence-electron chi connectivity index (χ3n) is 4.97. The number of hydrogen-bond donors (Lipinski definition) is 2. The van der Waals surface area contributed by atoms with Crippen LogP contribution in [0.25, 0.3) is 0 Å². The number of rotatable bonds is 5. The van der Waals surface area contributed by atoms with Crippen LogP contribution in [-0.2, 0) is 32.0 Å². The maximum Gasteiger partial charge on any atom is 0.326 e. The molecule has 0 radical (unpaired) electrons. The second-order valence-electron chi connectivity index (χ2n) is 7.82. The molecule has 0 spiro atoms. The number of hydrogen-bond acceptors (Lipinski definition) is 7. The Balaban J connectivity index is 1.56. The van der Waals surface area contributed by atoms with Crippen LogP contribution in [0.5, 0.6) is 0 Å². The van der Waals surface area contributed by atoms with Crippen molar-refractivity contribution in [3.05, 3.63) is 16.0 Å². The molecule has 1 saturated heterocycles. The Labute approximate surface area is 172 Å². The molecule has 2 aliphatic rings. The highest BCUT2D eigenvalue weighted by molar-refractivity contribution is 7.16. The molecule has 1 aliphatic heterocycles. The summed E-state index contributed by atoms with van der Waals surface area (Å²) in [5, 5.41) is 15.0. The molecule has 1 fully saturated rings. The van der Waals surface area contributed by atoms with Crippen LogP contribution in [0.15, 0.2) is 0 Å². The van der Waals surface area contributed by atoms with Gasteiger partial charge in [-0.15, -0.1) is 11.3 Å². The highest BCUT2D eigenvalue weighted by Gasteiger charge is 2.45. The molecule has 4 amide bonds. The number of amides is 4. The molecule has 2 N–H and O–H groups in total. The summed E-state index contributed by atoms with van der Waals surface area (Å²) in [6.45, 7) is 4.06. The number of fused-ring (bicyclic) bond motifs is 1. The fourth-order valence-electron chi connectivity index (χ4n) is 3.40. The fraction of sp³-hybridized carbons (Fsp3) is 0.526.